The van der Waals surface area contributed by atoms with Crippen LogP contribution in [0.2, 0.25) is 0 Å². The van der Waals surface area contributed by atoms with E-state index in [1.807, 2.05) is 25.7 Å². The molecule has 0 unspecified atom stereocenters. The highest BCUT2D eigenvalue weighted by molar-refractivity contribution is 7.92. The molecule has 0 aliphatic carbocycles. The van der Waals surface area contributed by atoms with Gasteiger partial charge >= 0.3 is 5.97 Å². The van der Waals surface area contributed by atoms with Crippen molar-refractivity contribution in [1.29, 1.82) is 0 Å². The number of sulfonamides is 1. The van der Waals surface area contributed by atoms with Crippen molar-refractivity contribution < 1.29 is 18.3 Å². The molecule has 2 rings (SSSR count). The number of nitrogens with one attached hydrogen (secondary N) is 1. The summed E-state index contributed by atoms with van der Waals surface area (Å²) in [6, 6.07) is 11.1. The Bertz CT molecular complexity index is 873. The van der Waals surface area contributed by atoms with E-state index < -0.39 is 16.0 Å². The predicted molar refractivity (Wildman–Crippen MR) is 104 cm³/mol. The maximum atomic E-state index is 12.8. The van der Waals surface area contributed by atoms with Crippen LogP contribution in [0.1, 0.15) is 36.7 Å². The first-order valence-electron chi connectivity index (χ1n) is 8.56. The van der Waals surface area contributed by atoms with E-state index in [-0.39, 0.29) is 16.1 Å². The zero-order valence-electron chi connectivity index (χ0n) is 15.2. The first-order valence-corrected chi connectivity index (χ1v) is 10.0. The van der Waals surface area contributed by atoms with E-state index >= 15 is 0 Å². The van der Waals surface area contributed by atoms with Crippen molar-refractivity contribution in [3.8, 4) is 0 Å². The van der Waals surface area contributed by atoms with Crippen LogP contribution in [0.4, 0.5) is 11.4 Å². The molecule has 0 aliphatic heterocycles. The van der Waals surface area contributed by atoms with E-state index in [0.717, 1.165) is 12.0 Å². The molecule has 26 heavy (non-hydrogen) atoms. The molecule has 2 aromatic carbocycles. The van der Waals surface area contributed by atoms with Gasteiger partial charge in [-0.1, -0.05) is 19.1 Å². The first-order chi connectivity index (χ1) is 12.3. The van der Waals surface area contributed by atoms with Crippen LogP contribution in [0.3, 0.4) is 0 Å². The molecule has 0 amide bonds. The minimum absolute atomic E-state index is 0.0277. The van der Waals surface area contributed by atoms with E-state index in [2.05, 4.69) is 4.72 Å². The Morgan fingerprint density at radius 2 is 1.65 bits per heavy atom. The van der Waals surface area contributed by atoms with Gasteiger partial charge in [-0.05, 0) is 56.2 Å². The van der Waals surface area contributed by atoms with E-state index in [1.165, 1.54) is 12.1 Å². The molecule has 0 spiro atoms. The van der Waals surface area contributed by atoms with Crippen molar-refractivity contribution in [2.24, 2.45) is 0 Å². The van der Waals surface area contributed by atoms with Crippen LogP contribution in [0, 0.1) is 0 Å². The molecule has 7 heteroatoms. The molecule has 0 saturated carbocycles. The number of nitrogens with zero attached hydrogens (tertiary/aromatic N) is 1. The highest BCUT2D eigenvalue weighted by atomic mass is 32.2. The van der Waals surface area contributed by atoms with Crippen LogP contribution in [0.25, 0.3) is 0 Å². The number of benzene rings is 2. The molecule has 0 heterocycles. The van der Waals surface area contributed by atoms with Gasteiger partial charge in [-0.3, -0.25) is 4.72 Å². The third-order valence-electron chi connectivity index (χ3n) is 4.23. The molecule has 2 aromatic rings. The molecular formula is C19H24N2O4S. The lowest BCUT2D eigenvalue weighted by Gasteiger charge is -2.24. The molecule has 0 aliphatic rings. The smallest absolute Gasteiger partial charge is 0.335 e. The maximum absolute atomic E-state index is 12.8. The summed E-state index contributed by atoms with van der Waals surface area (Å²) in [6.45, 7) is 7.24. The lowest BCUT2D eigenvalue weighted by molar-refractivity contribution is 0.0697. The molecular weight excluding hydrogens is 352 g/mol. The van der Waals surface area contributed by atoms with Gasteiger partial charge in [-0.15, -0.1) is 0 Å². The minimum Gasteiger partial charge on any atom is -0.478 e. The monoisotopic (exact) mass is 376 g/mol. The van der Waals surface area contributed by atoms with Crippen LogP contribution in [-0.4, -0.2) is 32.6 Å². The molecule has 0 atom stereocenters. The molecule has 0 saturated heterocycles. The average Bonchev–Trinajstić information content (AvgIpc) is 2.63. The number of carbonyl (C=O) groups is 1. The molecule has 6 nitrogen and oxygen atoms in total. The van der Waals surface area contributed by atoms with Gasteiger partial charge < -0.3 is 10.0 Å². The second-order valence-corrected chi connectivity index (χ2v) is 7.49. The topological polar surface area (TPSA) is 86.7 Å². The van der Waals surface area contributed by atoms with Gasteiger partial charge in [-0.25, -0.2) is 13.2 Å². The Kier molecular flexibility index (Phi) is 6.26. The summed E-state index contributed by atoms with van der Waals surface area (Å²) >= 11 is 0. The third-order valence-corrected chi connectivity index (χ3v) is 5.62. The van der Waals surface area contributed by atoms with E-state index in [1.54, 1.807) is 30.3 Å². The Morgan fingerprint density at radius 1 is 1.04 bits per heavy atom. The van der Waals surface area contributed by atoms with Crippen LogP contribution in [0.15, 0.2) is 47.4 Å². The lowest BCUT2D eigenvalue weighted by atomic mass is 10.1. The number of aromatic carboxylic acids is 1. The number of rotatable bonds is 8. The summed E-state index contributed by atoms with van der Waals surface area (Å²) in [5.74, 6) is -1.11. The summed E-state index contributed by atoms with van der Waals surface area (Å²) in [6.07, 6.45) is 0.820. The number of carboxylic acids is 1. The molecule has 0 bridgehead atoms. The van der Waals surface area contributed by atoms with Gasteiger partial charge in [0.05, 0.1) is 21.8 Å². The number of hydrogen-bond donors (Lipinski definition) is 2. The fourth-order valence-corrected chi connectivity index (χ4v) is 3.76. The van der Waals surface area contributed by atoms with Crippen molar-refractivity contribution >= 4 is 27.4 Å². The number of carboxylic acid groups (broad SMARTS) is 1. The normalized spacial score (nSPS) is 11.2. The standard InChI is InChI=1S/C19H24N2O4S/c1-4-14-7-10-16(11-8-14)26(24,25)20-17-13-15(19(22)23)9-12-18(17)21(5-2)6-3/h7-13,20H,4-6H2,1-3H3,(H,22,23). The first kappa shape index (κ1) is 19.8. The van der Waals surface area contributed by atoms with E-state index in [4.69, 9.17) is 0 Å². The molecule has 2 N–H and O–H groups in total. The summed E-state index contributed by atoms with van der Waals surface area (Å²) in [5, 5.41) is 9.24. The number of hydrogen-bond acceptors (Lipinski definition) is 4. The summed E-state index contributed by atoms with van der Waals surface area (Å²) < 4.78 is 28.1. The Morgan fingerprint density at radius 3 is 2.15 bits per heavy atom. The molecule has 0 radical (unpaired) electrons. The highest BCUT2D eigenvalue weighted by Crippen LogP contribution is 2.29. The van der Waals surface area contributed by atoms with E-state index in [0.29, 0.717) is 18.8 Å². The van der Waals surface area contributed by atoms with Gasteiger partial charge in [0.1, 0.15) is 0 Å². The van der Waals surface area contributed by atoms with Gasteiger partial charge in [0, 0.05) is 13.1 Å². The van der Waals surface area contributed by atoms with Crippen molar-refractivity contribution in [2.75, 3.05) is 22.7 Å². The Balaban J connectivity index is 2.47. The van der Waals surface area contributed by atoms with Gasteiger partial charge in [0.25, 0.3) is 10.0 Å². The second-order valence-electron chi connectivity index (χ2n) is 5.81. The Labute approximate surface area is 154 Å². The van der Waals surface area contributed by atoms with E-state index in [9.17, 15) is 18.3 Å². The summed E-state index contributed by atoms with van der Waals surface area (Å²) in [4.78, 5) is 13.4. The molecule has 0 fully saturated rings. The van der Waals surface area contributed by atoms with Crippen LogP contribution >= 0.6 is 0 Å². The van der Waals surface area contributed by atoms with Crippen molar-refractivity contribution in [1.82, 2.24) is 0 Å². The number of aryl methyl sites for hydroxylation is 1. The summed E-state index contributed by atoms with van der Waals surface area (Å²) in [5.41, 5.74) is 1.97. The predicted octanol–water partition coefficient (Wildman–Crippen LogP) is 3.59. The van der Waals surface area contributed by atoms with Gasteiger partial charge in [-0.2, -0.15) is 0 Å². The van der Waals surface area contributed by atoms with Crippen LogP contribution < -0.4 is 9.62 Å². The zero-order chi connectivity index (χ0) is 19.3. The van der Waals surface area contributed by atoms with Crippen molar-refractivity contribution in [2.45, 2.75) is 32.1 Å². The molecule has 140 valence electrons. The maximum Gasteiger partial charge on any atom is 0.335 e. The Hall–Kier alpha value is -2.54. The fourth-order valence-electron chi connectivity index (χ4n) is 2.70. The third kappa shape index (κ3) is 4.35. The second kappa shape index (κ2) is 8.23. The summed E-state index contributed by atoms with van der Waals surface area (Å²) in [7, 11) is -3.82. The van der Waals surface area contributed by atoms with Crippen LogP contribution in [0.5, 0.6) is 0 Å². The van der Waals surface area contributed by atoms with Crippen molar-refractivity contribution in [3.63, 3.8) is 0 Å². The quantitative estimate of drug-likeness (QED) is 0.735. The van der Waals surface area contributed by atoms with Gasteiger partial charge in [0.2, 0.25) is 0 Å². The SMILES string of the molecule is CCc1ccc(S(=O)(=O)Nc2cc(C(=O)O)ccc2N(CC)CC)cc1. The zero-order valence-corrected chi connectivity index (χ0v) is 16.0. The highest BCUT2D eigenvalue weighted by Gasteiger charge is 2.19. The fraction of sp³-hybridized carbons (Fsp3) is 0.316. The van der Waals surface area contributed by atoms with Crippen molar-refractivity contribution in [3.05, 3.63) is 53.6 Å². The number of anilines is 2. The minimum atomic E-state index is -3.82. The largest absolute Gasteiger partial charge is 0.478 e. The molecule has 0 aromatic heterocycles. The average molecular weight is 376 g/mol. The van der Waals surface area contributed by atoms with Crippen LogP contribution in [-0.2, 0) is 16.4 Å². The lowest BCUT2D eigenvalue weighted by Crippen LogP contribution is -2.24. The van der Waals surface area contributed by atoms with Gasteiger partial charge in [0.15, 0.2) is 0 Å².